The fourth-order valence-corrected chi connectivity index (χ4v) is 2.50. The van der Waals surface area contributed by atoms with Gasteiger partial charge in [-0.25, -0.2) is 4.98 Å². The molecule has 0 aliphatic rings. The smallest absolute Gasteiger partial charge is 0.231 e. The Labute approximate surface area is 130 Å². The predicted molar refractivity (Wildman–Crippen MR) is 83.4 cm³/mol. The van der Waals surface area contributed by atoms with Crippen molar-refractivity contribution < 1.29 is 14.3 Å². The Hall–Kier alpha value is -1.85. The maximum atomic E-state index is 10.8. The summed E-state index contributed by atoms with van der Waals surface area (Å²) in [7, 11) is 1.60. The van der Waals surface area contributed by atoms with Crippen molar-refractivity contribution in [2.24, 2.45) is 0 Å². The van der Waals surface area contributed by atoms with Crippen molar-refractivity contribution in [2.45, 2.75) is 12.5 Å². The number of ether oxygens (including phenoxy) is 1. The molecule has 1 unspecified atom stereocenters. The molecule has 108 valence electrons. The molecule has 0 saturated carbocycles. The van der Waals surface area contributed by atoms with Gasteiger partial charge in [0, 0.05) is 4.47 Å². The van der Waals surface area contributed by atoms with E-state index in [0.717, 1.165) is 10.2 Å². The highest BCUT2D eigenvalue weighted by Crippen LogP contribution is 2.32. The van der Waals surface area contributed by atoms with Gasteiger partial charge in [0.05, 0.1) is 7.11 Å². The zero-order valence-electron chi connectivity index (χ0n) is 11.6. The summed E-state index contributed by atoms with van der Waals surface area (Å²) in [6, 6.07) is 12.7. The molecule has 0 saturated heterocycles. The van der Waals surface area contributed by atoms with Crippen LogP contribution in [0.4, 0.5) is 0 Å². The van der Waals surface area contributed by atoms with E-state index in [-0.39, 0.29) is 5.89 Å². The van der Waals surface area contributed by atoms with E-state index in [4.69, 9.17) is 9.15 Å². The number of aromatic nitrogens is 1. The minimum atomic E-state index is -1.31. The number of rotatable bonds is 3. The lowest BCUT2D eigenvalue weighted by Crippen LogP contribution is -2.23. The number of hydrogen-bond donors (Lipinski definition) is 1. The average molecular weight is 348 g/mol. The first-order chi connectivity index (χ1) is 10.0. The largest absolute Gasteiger partial charge is 0.497 e. The summed E-state index contributed by atoms with van der Waals surface area (Å²) in [6.45, 7) is 1.66. The molecule has 2 aromatic carbocycles. The van der Waals surface area contributed by atoms with Crippen molar-refractivity contribution in [3.05, 3.63) is 58.4 Å². The van der Waals surface area contributed by atoms with Gasteiger partial charge in [0.2, 0.25) is 5.89 Å². The van der Waals surface area contributed by atoms with Gasteiger partial charge >= 0.3 is 0 Å². The maximum absolute atomic E-state index is 10.8. The first-order valence-corrected chi connectivity index (χ1v) is 7.23. The molecule has 3 aromatic rings. The van der Waals surface area contributed by atoms with Crippen LogP contribution < -0.4 is 4.74 Å². The molecule has 1 atom stereocenters. The lowest BCUT2D eigenvalue weighted by Gasteiger charge is -2.20. The second-order valence-corrected chi connectivity index (χ2v) is 5.85. The Morgan fingerprint density at radius 2 is 1.90 bits per heavy atom. The number of benzene rings is 2. The summed E-state index contributed by atoms with van der Waals surface area (Å²) >= 11 is 3.39. The molecule has 0 radical (unpaired) electrons. The molecule has 1 N–H and O–H groups in total. The number of nitrogens with zero attached hydrogens (tertiary/aromatic N) is 1. The zero-order valence-corrected chi connectivity index (χ0v) is 13.2. The van der Waals surface area contributed by atoms with E-state index in [0.29, 0.717) is 16.7 Å². The molecule has 0 spiro atoms. The first kappa shape index (κ1) is 14.1. The topological polar surface area (TPSA) is 55.5 Å². The number of halogens is 1. The SMILES string of the molecule is COc1ccc(C(C)(O)c2nc3cc(Br)ccc3o2)cc1. The molecule has 21 heavy (non-hydrogen) atoms. The van der Waals surface area contributed by atoms with Gasteiger partial charge in [0.25, 0.3) is 0 Å². The van der Waals surface area contributed by atoms with E-state index in [1.54, 1.807) is 38.3 Å². The van der Waals surface area contributed by atoms with Gasteiger partial charge in [-0.05, 0) is 42.8 Å². The second-order valence-electron chi connectivity index (χ2n) is 4.93. The van der Waals surface area contributed by atoms with Gasteiger partial charge in [-0.2, -0.15) is 0 Å². The Morgan fingerprint density at radius 1 is 1.19 bits per heavy atom. The van der Waals surface area contributed by atoms with Crippen molar-refractivity contribution in [2.75, 3.05) is 7.11 Å². The number of aliphatic hydroxyl groups is 1. The van der Waals surface area contributed by atoms with Crippen LogP contribution in [0.5, 0.6) is 5.75 Å². The third kappa shape index (κ3) is 2.54. The van der Waals surface area contributed by atoms with Crippen molar-refractivity contribution >= 4 is 27.0 Å². The zero-order chi connectivity index (χ0) is 15.0. The molecule has 3 rings (SSSR count). The summed E-state index contributed by atoms with van der Waals surface area (Å²) in [6.07, 6.45) is 0. The highest BCUT2D eigenvalue weighted by Gasteiger charge is 2.31. The molecule has 0 amide bonds. The molecule has 0 bridgehead atoms. The molecule has 0 aliphatic carbocycles. The minimum absolute atomic E-state index is 0.265. The van der Waals surface area contributed by atoms with Crippen molar-refractivity contribution in [3.8, 4) is 5.75 Å². The molecule has 1 aromatic heterocycles. The third-order valence-corrected chi connectivity index (χ3v) is 3.91. The van der Waals surface area contributed by atoms with E-state index in [1.807, 2.05) is 18.2 Å². The van der Waals surface area contributed by atoms with Crippen LogP contribution in [0.1, 0.15) is 18.4 Å². The van der Waals surface area contributed by atoms with Crippen LogP contribution in [0.15, 0.2) is 51.4 Å². The quantitative estimate of drug-likeness (QED) is 0.781. The number of methoxy groups -OCH3 is 1. The highest BCUT2D eigenvalue weighted by atomic mass is 79.9. The summed E-state index contributed by atoms with van der Waals surface area (Å²) in [4.78, 5) is 4.39. The van der Waals surface area contributed by atoms with Crippen LogP contribution in [0, 0.1) is 0 Å². The summed E-state index contributed by atoms with van der Waals surface area (Å²) in [5.41, 5.74) is 0.724. The van der Waals surface area contributed by atoms with Crippen LogP contribution in [0.2, 0.25) is 0 Å². The van der Waals surface area contributed by atoms with Gasteiger partial charge in [0.15, 0.2) is 11.2 Å². The van der Waals surface area contributed by atoms with Crippen LogP contribution in [0.25, 0.3) is 11.1 Å². The Morgan fingerprint density at radius 3 is 2.57 bits per heavy atom. The number of oxazole rings is 1. The average Bonchev–Trinajstić information content (AvgIpc) is 2.91. The molecule has 1 heterocycles. The third-order valence-electron chi connectivity index (χ3n) is 3.42. The second kappa shape index (κ2) is 5.16. The van der Waals surface area contributed by atoms with Crippen molar-refractivity contribution in [1.29, 1.82) is 0 Å². The van der Waals surface area contributed by atoms with Gasteiger partial charge < -0.3 is 14.3 Å². The molecule has 5 heteroatoms. The van der Waals surface area contributed by atoms with E-state index >= 15 is 0 Å². The molecular formula is C16H14BrNO3. The lowest BCUT2D eigenvalue weighted by molar-refractivity contribution is 0.0726. The maximum Gasteiger partial charge on any atom is 0.231 e. The molecule has 0 fully saturated rings. The summed E-state index contributed by atoms with van der Waals surface area (Å²) in [5, 5.41) is 10.8. The van der Waals surface area contributed by atoms with E-state index < -0.39 is 5.60 Å². The van der Waals surface area contributed by atoms with Gasteiger partial charge in [-0.1, -0.05) is 28.1 Å². The lowest BCUT2D eigenvalue weighted by atomic mass is 9.96. The fourth-order valence-electron chi connectivity index (χ4n) is 2.15. The molecule has 4 nitrogen and oxygen atoms in total. The normalized spacial score (nSPS) is 14.1. The first-order valence-electron chi connectivity index (χ1n) is 6.44. The van der Waals surface area contributed by atoms with Gasteiger partial charge in [-0.15, -0.1) is 0 Å². The molecule has 0 aliphatic heterocycles. The van der Waals surface area contributed by atoms with Crippen LogP contribution in [-0.2, 0) is 5.60 Å². The summed E-state index contributed by atoms with van der Waals surface area (Å²) < 4.78 is 11.7. The number of fused-ring (bicyclic) bond motifs is 1. The Bertz CT molecular complexity index is 778. The van der Waals surface area contributed by atoms with E-state index in [2.05, 4.69) is 20.9 Å². The highest BCUT2D eigenvalue weighted by molar-refractivity contribution is 9.10. The van der Waals surface area contributed by atoms with Crippen molar-refractivity contribution in [1.82, 2.24) is 4.98 Å². The van der Waals surface area contributed by atoms with Crippen LogP contribution in [-0.4, -0.2) is 17.2 Å². The predicted octanol–water partition coefficient (Wildman–Crippen LogP) is 3.85. The summed E-state index contributed by atoms with van der Waals surface area (Å²) in [5.74, 6) is 0.997. The van der Waals surface area contributed by atoms with Crippen molar-refractivity contribution in [3.63, 3.8) is 0 Å². The standard InChI is InChI=1S/C16H14BrNO3/c1-16(19,10-3-6-12(20-2)7-4-10)15-18-13-9-11(17)5-8-14(13)21-15/h3-9,19H,1-2H3. The van der Waals surface area contributed by atoms with E-state index in [1.165, 1.54) is 0 Å². The van der Waals surface area contributed by atoms with Gasteiger partial charge in [-0.3, -0.25) is 0 Å². The minimum Gasteiger partial charge on any atom is -0.497 e. The van der Waals surface area contributed by atoms with Gasteiger partial charge in [0.1, 0.15) is 11.3 Å². The fraction of sp³-hybridized carbons (Fsp3) is 0.188. The Kier molecular flexibility index (Phi) is 3.47. The monoisotopic (exact) mass is 347 g/mol. The van der Waals surface area contributed by atoms with Crippen LogP contribution >= 0.6 is 15.9 Å². The Balaban J connectivity index is 2.05. The number of hydrogen-bond acceptors (Lipinski definition) is 4. The van der Waals surface area contributed by atoms with E-state index in [9.17, 15) is 5.11 Å². The molecular weight excluding hydrogens is 334 g/mol. The van der Waals surface area contributed by atoms with Crippen LogP contribution in [0.3, 0.4) is 0 Å².